The lowest BCUT2D eigenvalue weighted by Crippen LogP contribution is -2.18. The molecule has 0 unspecified atom stereocenters. The second-order valence-electron chi connectivity index (χ2n) is 7.26. The molecule has 1 aliphatic rings. The molecule has 0 N–H and O–H groups in total. The van der Waals surface area contributed by atoms with Crippen molar-refractivity contribution in [3.63, 3.8) is 0 Å². The quantitative estimate of drug-likeness (QED) is 0.452. The van der Waals surface area contributed by atoms with Crippen molar-refractivity contribution in [3.8, 4) is 11.5 Å². The van der Waals surface area contributed by atoms with Gasteiger partial charge in [0.2, 0.25) is 0 Å². The summed E-state index contributed by atoms with van der Waals surface area (Å²) in [5.74, 6) is 1.41. The Kier molecular flexibility index (Phi) is 6.20. The molecule has 0 bridgehead atoms. The highest BCUT2D eigenvalue weighted by Crippen LogP contribution is 2.42. The fraction of sp³-hybridized carbons (Fsp3) is 0.292. The minimum Gasteiger partial charge on any atom is -0.493 e. The van der Waals surface area contributed by atoms with Gasteiger partial charge in [-0.3, -0.25) is 4.98 Å². The third-order valence-electron chi connectivity index (χ3n) is 5.25. The van der Waals surface area contributed by atoms with Crippen LogP contribution in [0.5, 0.6) is 11.5 Å². The van der Waals surface area contributed by atoms with Crippen LogP contribution >= 0.6 is 11.6 Å². The van der Waals surface area contributed by atoms with Gasteiger partial charge in [-0.1, -0.05) is 35.9 Å². The van der Waals surface area contributed by atoms with Crippen LogP contribution in [0.4, 0.5) is 11.4 Å². The Morgan fingerprint density at radius 2 is 1.83 bits per heavy atom. The number of benzene rings is 2. The summed E-state index contributed by atoms with van der Waals surface area (Å²) in [6.07, 6.45) is 8.49. The topological polar surface area (TPSA) is 34.6 Å². The van der Waals surface area contributed by atoms with Crippen molar-refractivity contribution in [1.29, 1.82) is 0 Å². The molecule has 1 aliphatic carbocycles. The number of ether oxygens (including phenoxy) is 2. The van der Waals surface area contributed by atoms with Crippen LogP contribution < -0.4 is 14.4 Å². The zero-order chi connectivity index (χ0) is 20.1. The smallest absolute Gasteiger partial charge is 0.163 e. The van der Waals surface area contributed by atoms with Crippen molar-refractivity contribution >= 4 is 23.0 Å². The molecule has 1 heterocycles. The number of hydrogen-bond donors (Lipinski definition) is 0. The van der Waals surface area contributed by atoms with Crippen molar-refractivity contribution < 1.29 is 9.47 Å². The highest BCUT2D eigenvalue weighted by Gasteiger charge is 2.22. The Morgan fingerprint density at radius 1 is 1.03 bits per heavy atom. The van der Waals surface area contributed by atoms with E-state index in [0.717, 1.165) is 35.5 Å². The lowest BCUT2D eigenvalue weighted by Gasteiger charge is -2.27. The van der Waals surface area contributed by atoms with Crippen molar-refractivity contribution in [2.45, 2.75) is 38.3 Å². The average molecular weight is 409 g/mol. The maximum atomic E-state index is 6.71. The van der Waals surface area contributed by atoms with Gasteiger partial charge in [-0.05, 0) is 49.4 Å². The Labute approximate surface area is 177 Å². The number of methoxy groups -OCH3 is 1. The van der Waals surface area contributed by atoms with Crippen LogP contribution in [-0.4, -0.2) is 18.2 Å². The van der Waals surface area contributed by atoms with Gasteiger partial charge < -0.3 is 14.4 Å². The van der Waals surface area contributed by atoms with Crippen LogP contribution in [-0.2, 0) is 6.54 Å². The van der Waals surface area contributed by atoms with Crippen molar-refractivity contribution in [2.75, 3.05) is 12.0 Å². The summed E-state index contributed by atoms with van der Waals surface area (Å²) in [7, 11) is 1.65. The number of anilines is 2. The number of aromatic nitrogens is 1. The molecule has 3 aromatic rings. The minimum absolute atomic E-state index is 0.237. The van der Waals surface area contributed by atoms with E-state index in [9.17, 15) is 0 Å². The SMILES string of the molecule is COc1cc(Cl)c(N(Cc2cccnc2)c2ccccc2)cc1OC1CCCC1. The molecule has 0 aliphatic heterocycles. The minimum atomic E-state index is 0.237. The summed E-state index contributed by atoms with van der Waals surface area (Å²) in [6.45, 7) is 0.646. The molecule has 1 saturated carbocycles. The molecule has 2 aromatic carbocycles. The second kappa shape index (κ2) is 9.19. The van der Waals surface area contributed by atoms with Gasteiger partial charge in [0.25, 0.3) is 0 Å². The second-order valence-corrected chi connectivity index (χ2v) is 7.67. The number of halogens is 1. The number of nitrogens with zero attached hydrogens (tertiary/aromatic N) is 2. The van der Waals surface area contributed by atoms with Crippen LogP contribution in [0.15, 0.2) is 67.0 Å². The monoisotopic (exact) mass is 408 g/mol. The van der Waals surface area contributed by atoms with Gasteiger partial charge in [0.15, 0.2) is 11.5 Å². The van der Waals surface area contributed by atoms with Crippen LogP contribution in [0, 0.1) is 0 Å². The first kappa shape index (κ1) is 19.6. The Morgan fingerprint density at radius 3 is 2.52 bits per heavy atom. The molecule has 4 nitrogen and oxygen atoms in total. The summed E-state index contributed by atoms with van der Waals surface area (Å²) >= 11 is 6.71. The maximum Gasteiger partial charge on any atom is 0.163 e. The summed E-state index contributed by atoms with van der Waals surface area (Å²) in [5.41, 5.74) is 3.03. The summed E-state index contributed by atoms with van der Waals surface area (Å²) in [6, 6.07) is 18.1. The average Bonchev–Trinajstić information content (AvgIpc) is 3.28. The molecule has 0 radical (unpaired) electrons. The fourth-order valence-corrected chi connectivity index (χ4v) is 4.02. The molecule has 0 atom stereocenters. The zero-order valence-electron chi connectivity index (χ0n) is 16.6. The lowest BCUT2D eigenvalue weighted by atomic mass is 10.1. The molecule has 5 heteroatoms. The third-order valence-corrected chi connectivity index (χ3v) is 5.55. The predicted octanol–water partition coefficient (Wildman–Crippen LogP) is 6.40. The summed E-state index contributed by atoms with van der Waals surface area (Å²) < 4.78 is 11.9. The first-order valence-corrected chi connectivity index (χ1v) is 10.4. The van der Waals surface area contributed by atoms with E-state index in [0.29, 0.717) is 17.3 Å². The highest BCUT2D eigenvalue weighted by molar-refractivity contribution is 6.33. The largest absolute Gasteiger partial charge is 0.493 e. The van der Waals surface area contributed by atoms with Crippen LogP contribution in [0.25, 0.3) is 0 Å². The van der Waals surface area contributed by atoms with Gasteiger partial charge >= 0.3 is 0 Å². The van der Waals surface area contributed by atoms with E-state index in [-0.39, 0.29) is 6.10 Å². The molecule has 150 valence electrons. The lowest BCUT2D eigenvalue weighted by molar-refractivity contribution is 0.201. The molecule has 0 spiro atoms. The van der Waals surface area contributed by atoms with E-state index in [1.54, 1.807) is 13.3 Å². The predicted molar refractivity (Wildman–Crippen MR) is 117 cm³/mol. The number of rotatable bonds is 7. The number of hydrogen-bond acceptors (Lipinski definition) is 4. The summed E-state index contributed by atoms with van der Waals surface area (Å²) in [4.78, 5) is 6.44. The molecule has 1 aromatic heterocycles. The highest BCUT2D eigenvalue weighted by atomic mass is 35.5. The van der Waals surface area contributed by atoms with E-state index in [1.165, 1.54) is 12.8 Å². The van der Waals surface area contributed by atoms with Crippen molar-refractivity contribution in [1.82, 2.24) is 4.98 Å². The van der Waals surface area contributed by atoms with E-state index in [2.05, 4.69) is 28.1 Å². The fourth-order valence-electron chi connectivity index (χ4n) is 3.77. The van der Waals surface area contributed by atoms with Gasteiger partial charge in [-0.25, -0.2) is 0 Å². The van der Waals surface area contributed by atoms with Crippen LogP contribution in [0.1, 0.15) is 31.2 Å². The Balaban J connectivity index is 1.74. The van der Waals surface area contributed by atoms with Crippen LogP contribution in [0.3, 0.4) is 0 Å². The molecule has 0 saturated heterocycles. The van der Waals surface area contributed by atoms with Gasteiger partial charge in [0, 0.05) is 36.8 Å². The molecule has 29 heavy (non-hydrogen) atoms. The molecular weight excluding hydrogens is 384 g/mol. The molecule has 0 amide bonds. The van der Waals surface area contributed by atoms with E-state index < -0.39 is 0 Å². The third kappa shape index (κ3) is 4.65. The molecular formula is C24H25ClN2O2. The number of pyridine rings is 1. The van der Waals surface area contributed by atoms with Crippen molar-refractivity contribution in [2.24, 2.45) is 0 Å². The first-order valence-electron chi connectivity index (χ1n) is 10.0. The van der Waals surface area contributed by atoms with E-state index in [1.807, 2.05) is 42.6 Å². The Bertz CT molecular complexity index is 928. The van der Waals surface area contributed by atoms with Crippen LogP contribution in [0.2, 0.25) is 5.02 Å². The molecule has 1 fully saturated rings. The van der Waals surface area contributed by atoms with Gasteiger partial charge in [-0.15, -0.1) is 0 Å². The van der Waals surface area contributed by atoms with Crippen molar-refractivity contribution in [3.05, 3.63) is 77.6 Å². The summed E-state index contributed by atoms with van der Waals surface area (Å²) in [5, 5.41) is 0.619. The van der Waals surface area contributed by atoms with Gasteiger partial charge in [0.05, 0.1) is 23.9 Å². The van der Waals surface area contributed by atoms with E-state index in [4.69, 9.17) is 21.1 Å². The van der Waals surface area contributed by atoms with Gasteiger partial charge in [-0.2, -0.15) is 0 Å². The standard InChI is InChI=1S/C24H25ClN2O2/c1-28-23-14-21(25)22(15-24(23)29-20-11-5-6-12-20)27(19-9-3-2-4-10-19)17-18-8-7-13-26-16-18/h2-4,7-10,13-16,20H,5-6,11-12,17H2,1H3. The van der Waals surface area contributed by atoms with E-state index >= 15 is 0 Å². The Hall–Kier alpha value is -2.72. The number of para-hydroxylation sites is 1. The molecule has 4 rings (SSSR count). The zero-order valence-corrected chi connectivity index (χ0v) is 17.3. The maximum absolute atomic E-state index is 6.71. The van der Waals surface area contributed by atoms with Gasteiger partial charge in [0.1, 0.15) is 0 Å². The first-order chi connectivity index (χ1) is 14.2. The normalized spacial score (nSPS) is 14.0.